The maximum Gasteiger partial charge on any atom is 0.273 e. The van der Waals surface area contributed by atoms with E-state index in [9.17, 15) is 14.0 Å². The van der Waals surface area contributed by atoms with E-state index in [-0.39, 0.29) is 12.1 Å². The number of aromatic nitrogens is 3. The van der Waals surface area contributed by atoms with Crippen LogP contribution in [0.2, 0.25) is 0 Å². The molecule has 0 saturated heterocycles. The summed E-state index contributed by atoms with van der Waals surface area (Å²) >= 11 is 2.81. The van der Waals surface area contributed by atoms with Crippen LogP contribution in [0.25, 0.3) is 10.3 Å². The second-order valence-corrected chi connectivity index (χ2v) is 7.31. The normalized spacial score (nSPS) is 10.9. The molecule has 1 amide bonds. The molecule has 0 bridgehead atoms. The standard InChI is InChI=1S/C15H13FN4O2S2/c1-2-23-15-19-13-12(24-15)14(22)20(8-17-13)7-11(21)18-10-5-3-4-9(16)6-10/h3-6,8H,2,7H2,1H3,(H,18,21). The van der Waals surface area contributed by atoms with Crippen molar-refractivity contribution < 1.29 is 9.18 Å². The molecule has 2 heterocycles. The first-order valence-corrected chi connectivity index (χ1v) is 8.91. The van der Waals surface area contributed by atoms with Gasteiger partial charge >= 0.3 is 0 Å². The molecule has 0 radical (unpaired) electrons. The summed E-state index contributed by atoms with van der Waals surface area (Å²) in [7, 11) is 0. The van der Waals surface area contributed by atoms with Crippen molar-refractivity contribution in [2.45, 2.75) is 17.8 Å². The fourth-order valence-corrected chi connectivity index (χ4v) is 3.98. The van der Waals surface area contributed by atoms with Crippen LogP contribution in [0.4, 0.5) is 10.1 Å². The Hall–Kier alpha value is -2.26. The second kappa shape index (κ2) is 7.10. The number of carbonyl (C=O) groups excluding carboxylic acids is 1. The third kappa shape index (κ3) is 3.62. The molecule has 0 atom stereocenters. The number of hydrogen-bond acceptors (Lipinski definition) is 6. The van der Waals surface area contributed by atoms with Crippen LogP contribution >= 0.6 is 23.1 Å². The number of benzene rings is 1. The molecule has 0 aliphatic heterocycles. The Bertz CT molecular complexity index is 954. The smallest absolute Gasteiger partial charge is 0.273 e. The summed E-state index contributed by atoms with van der Waals surface area (Å²) in [6, 6.07) is 5.56. The molecule has 6 nitrogen and oxygen atoms in total. The van der Waals surface area contributed by atoms with Crippen LogP contribution in [0.5, 0.6) is 0 Å². The molecule has 0 fully saturated rings. The largest absolute Gasteiger partial charge is 0.324 e. The van der Waals surface area contributed by atoms with E-state index in [2.05, 4.69) is 15.3 Å². The molecule has 24 heavy (non-hydrogen) atoms. The van der Waals surface area contributed by atoms with Crippen molar-refractivity contribution in [3.63, 3.8) is 0 Å². The van der Waals surface area contributed by atoms with Crippen molar-refractivity contribution in [3.05, 3.63) is 46.8 Å². The number of rotatable bonds is 5. The number of nitrogens with one attached hydrogen (secondary N) is 1. The summed E-state index contributed by atoms with van der Waals surface area (Å²) in [5.41, 5.74) is 0.416. The van der Waals surface area contributed by atoms with Gasteiger partial charge in [-0.15, -0.1) is 11.3 Å². The Balaban J connectivity index is 1.80. The van der Waals surface area contributed by atoms with Crippen molar-refractivity contribution >= 4 is 45.0 Å². The van der Waals surface area contributed by atoms with Crippen molar-refractivity contribution in [1.29, 1.82) is 0 Å². The Morgan fingerprint density at radius 2 is 2.29 bits per heavy atom. The SMILES string of the molecule is CCSc1nc2ncn(CC(=O)Nc3cccc(F)c3)c(=O)c2s1. The number of hydrogen-bond donors (Lipinski definition) is 1. The highest BCUT2D eigenvalue weighted by molar-refractivity contribution is 8.01. The van der Waals surface area contributed by atoms with Crippen LogP contribution in [0.3, 0.4) is 0 Å². The molecular formula is C15H13FN4O2S2. The van der Waals surface area contributed by atoms with Crippen molar-refractivity contribution in [2.24, 2.45) is 0 Å². The Morgan fingerprint density at radius 3 is 3.04 bits per heavy atom. The third-order valence-electron chi connectivity index (χ3n) is 3.05. The Morgan fingerprint density at radius 1 is 1.46 bits per heavy atom. The van der Waals surface area contributed by atoms with Gasteiger partial charge in [0.15, 0.2) is 9.99 Å². The van der Waals surface area contributed by atoms with Crippen molar-refractivity contribution in [1.82, 2.24) is 14.5 Å². The van der Waals surface area contributed by atoms with E-state index in [0.29, 0.717) is 16.0 Å². The molecule has 3 rings (SSSR count). The number of amides is 1. The average molecular weight is 364 g/mol. The lowest BCUT2D eigenvalue weighted by Gasteiger charge is -2.06. The van der Waals surface area contributed by atoms with E-state index < -0.39 is 11.7 Å². The number of carbonyl (C=O) groups is 1. The fraction of sp³-hybridized carbons (Fsp3) is 0.200. The highest BCUT2D eigenvalue weighted by Gasteiger charge is 2.13. The summed E-state index contributed by atoms with van der Waals surface area (Å²) in [5.74, 6) is -0.0282. The lowest BCUT2D eigenvalue weighted by Crippen LogP contribution is -2.27. The summed E-state index contributed by atoms with van der Waals surface area (Å²) in [6.07, 6.45) is 1.30. The Labute approximate surface area is 144 Å². The van der Waals surface area contributed by atoms with Crippen LogP contribution in [0, 0.1) is 5.82 Å². The zero-order chi connectivity index (χ0) is 17.1. The summed E-state index contributed by atoms with van der Waals surface area (Å²) in [5, 5.41) is 2.55. The minimum atomic E-state index is -0.446. The van der Waals surface area contributed by atoms with E-state index in [4.69, 9.17) is 0 Å². The maximum absolute atomic E-state index is 13.1. The first kappa shape index (κ1) is 16.6. The average Bonchev–Trinajstić information content (AvgIpc) is 2.94. The summed E-state index contributed by atoms with van der Waals surface area (Å²) in [6.45, 7) is 1.80. The van der Waals surface area contributed by atoms with Gasteiger partial charge in [0.25, 0.3) is 5.56 Å². The van der Waals surface area contributed by atoms with Crippen molar-refractivity contribution in [2.75, 3.05) is 11.1 Å². The molecule has 0 aliphatic rings. The molecule has 2 aromatic heterocycles. The van der Waals surface area contributed by atoms with Gasteiger partial charge in [0.2, 0.25) is 5.91 Å². The third-order valence-corrected chi connectivity index (χ3v) is 5.11. The first-order valence-electron chi connectivity index (χ1n) is 7.11. The zero-order valence-electron chi connectivity index (χ0n) is 12.7. The number of nitrogens with zero attached hydrogens (tertiary/aromatic N) is 3. The topological polar surface area (TPSA) is 76.9 Å². The minimum absolute atomic E-state index is 0.202. The number of anilines is 1. The van der Waals surface area contributed by atoms with Crippen molar-refractivity contribution in [3.8, 4) is 0 Å². The van der Waals surface area contributed by atoms with Gasteiger partial charge < -0.3 is 5.32 Å². The van der Waals surface area contributed by atoms with E-state index in [0.717, 1.165) is 10.1 Å². The molecule has 0 saturated carbocycles. The summed E-state index contributed by atoms with van der Waals surface area (Å²) < 4.78 is 15.5. The first-order chi connectivity index (χ1) is 11.6. The van der Waals surface area contributed by atoms with Gasteiger partial charge in [-0.2, -0.15) is 0 Å². The number of halogens is 1. The molecule has 1 N–H and O–H groups in total. The number of thioether (sulfide) groups is 1. The second-order valence-electron chi connectivity index (χ2n) is 4.80. The molecule has 1 aromatic carbocycles. The van der Waals surface area contributed by atoms with Gasteiger partial charge in [0, 0.05) is 5.69 Å². The van der Waals surface area contributed by atoms with E-state index >= 15 is 0 Å². The van der Waals surface area contributed by atoms with Crippen LogP contribution in [0.15, 0.2) is 39.7 Å². The van der Waals surface area contributed by atoms with E-state index in [1.54, 1.807) is 6.07 Å². The van der Waals surface area contributed by atoms with Crippen LogP contribution < -0.4 is 10.9 Å². The molecule has 9 heteroatoms. The van der Waals surface area contributed by atoms with Crippen LogP contribution in [-0.2, 0) is 11.3 Å². The van der Waals surface area contributed by atoms with E-state index in [1.165, 1.54) is 52.2 Å². The monoisotopic (exact) mass is 364 g/mol. The predicted octanol–water partition coefficient (Wildman–Crippen LogP) is 2.74. The van der Waals surface area contributed by atoms with Gasteiger partial charge in [0.1, 0.15) is 23.4 Å². The zero-order valence-corrected chi connectivity index (χ0v) is 14.3. The highest BCUT2D eigenvalue weighted by Crippen LogP contribution is 2.25. The molecule has 0 spiro atoms. The molecule has 0 aliphatic carbocycles. The predicted molar refractivity (Wildman–Crippen MR) is 93.1 cm³/mol. The van der Waals surface area contributed by atoms with Gasteiger partial charge in [0.05, 0.1) is 0 Å². The maximum atomic E-state index is 13.1. The number of fused-ring (bicyclic) bond motifs is 1. The van der Waals surface area contributed by atoms with Gasteiger partial charge in [-0.3, -0.25) is 14.2 Å². The van der Waals surface area contributed by atoms with Gasteiger partial charge in [-0.05, 0) is 24.0 Å². The van der Waals surface area contributed by atoms with E-state index in [1.807, 2.05) is 6.92 Å². The quantitative estimate of drug-likeness (QED) is 0.705. The molecular weight excluding hydrogens is 351 g/mol. The number of thiazole rings is 1. The molecule has 0 unspecified atom stereocenters. The molecule has 3 aromatic rings. The lowest BCUT2D eigenvalue weighted by atomic mass is 10.3. The van der Waals surface area contributed by atoms with Crippen LogP contribution in [0.1, 0.15) is 6.92 Å². The van der Waals surface area contributed by atoms with Gasteiger partial charge in [-0.25, -0.2) is 14.4 Å². The minimum Gasteiger partial charge on any atom is -0.324 e. The molecule has 124 valence electrons. The van der Waals surface area contributed by atoms with Gasteiger partial charge in [-0.1, -0.05) is 24.8 Å². The Kier molecular flexibility index (Phi) is 4.91. The highest BCUT2D eigenvalue weighted by atomic mass is 32.2. The summed E-state index contributed by atoms with van der Waals surface area (Å²) in [4.78, 5) is 32.9. The van der Waals surface area contributed by atoms with Crippen LogP contribution in [-0.4, -0.2) is 26.2 Å². The lowest BCUT2D eigenvalue weighted by molar-refractivity contribution is -0.116. The fourth-order valence-electron chi connectivity index (χ4n) is 2.05.